The monoisotopic (exact) mass is 366 g/mol. The molecule has 142 valence electrons. The van der Waals surface area contributed by atoms with Crippen LogP contribution >= 0.6 is 0 Å². The van der Waals surface area contributed by atoms with Gasteiger partial charge in [-0.15, -0.1) is 0 Å². The maximum absolute atomic E-state index is 10.9. The Labute approximate surface area is 160 Å². The molecule has 2 aromatic carbocycles. The molecule has 4 unspecified atom stereocenters. The van der Waals surface area contributed by atoms with E-state index in [0.29, 0.717) is 12.5 Å². The van der Waals surface area contributed by atoms with E-state index < -0.39 is 5.97 Å². The molecule has 2 fully saturated rings. The smallest absolute Gasteiger partial charge is 0.306 e. The molecule has 2 aromatic rings. The van der Waals surface area contributed by atoms with E-state index in [1.807, 2.05) is 42.5 Å². The quantitative estimate of drug-likeness (QED) is 0.758. The first-order valence-electron chi connectivity index (χ1n) is 9.86. The van der Waals surface area contributed by atoms with E-state index in [1.54, 1.807) is 0 Å². The summed E-state index contributed by atoms with van der Waals surface area (Å²) in [6.07, 6.45) is 5.52. The van der Waals surface area contributed by atoms with Gasteiger partial charge in [0.05, 0.1) is 18.6 Å². The second kappa shape index (κ2) is 8.03. The van der Waals surface area contributed by atoms with E-state index in [9.17, 15) is 4.79 Å². The largest absolute Gasteiger partial charge is 0.493 e. The maximum atomic E-state index is 10.9. The molecule has 2 aliphatic carbocycles. The minimum Gasteiger partial charge on any atom is -0.493 e. The summed E-state index contributed by atoms with van der Waals surface area (Å²) in [7, 11) is 0. The highest BCUT2D eigenvalue weighted by molar-refractivity contribution is 5.73. The van der Waals surface area contributed by atoms with Crippen LogP contribution in [0, 0.1) is 11.8 Å². The molecule has 0 aliphatic heterocycles. The number of carboxylic acid groups (broad SMARTS) is 1. The lowest BCUT2D eigenvalue weighted by molar-refractivity contribution is -0.138. The molecule has 0 amide bonds. The van der Waals surface area contributed by atoms with Gasteiger partial charge in [0.25, 0.3) is 0 Å². The molecular formula is C23H26O4. The van der Waals surface area contributed by atoms with Crippen molar-refractivity contribution in [3.05, 3.63) is 60.2 Å². The standard InChI is InChI=1S/C23H26O4/c24-23(25)22-14-18(22)15-26-19-11-9-16(10-12-19)17-5-4-8-21(13-17)27-20-6-2-1-3-7-20/h1-3,6-7,9-12,17-18,21-22H,4-5,8,13-15H2,(H,24,25). The van der Waals surface area contributed by atoms with E-state index >= 15 is 0 Å². The maximum Gasteiger partial charge on any atom is 0.306 e. The summed E-state index contributed by atoms with van der Waals surface area (Å²) in [5.74, 6) is 1.53. The number of aliphatic carboxylic acids is 1. The van der Waals surface area contributed by atoms with Crippen LogP contribution in [0.2, 0.25) is 0 Å². The predicted molar refractivity (Wildman–Crippen MR) is 103 cm³/mol. The third-order valence-electron chi connectivity index (χ3n) is 5.73. The van der Waals surface area contributed by atoms with Gasteiger partial charge < -0.3 is 14.6 Å². The van der Waals surface area contributed by atoms with Crippen molar-refractivity contribution < 1.29 is 19.4 Å². The van der Waals surface area contributed by atoms with Gasteiger partial charge >= 0.3 is 5.97 Å². The summed E-state index contributed by atoms with van der Waals surface area (Å²) >= 11 is 0. The lowest BCUT2D eigenvalue weighted by Crippen LogP contribution is -2.24. The summed E-state index contributed by atoms with van der Waals surface area (Å²) in [6.45, 7) is 0.493. The summed E-state index contributed by atoms with van der Waals surface area (Å²) < 4.78 is 11.9. The van der Waals surface area contributed by atoms with E-state index in [4.69, 9.17) is 14.6 Å². The lowest BCUT2D eigenvalue weighted by Gasteiger charge is -2.30. The number of hydrogen-bond acceptors (Lipinski definition) is 3. The Kier molecular flexibility index (Phi) is 5.33. The van der Waals surface area contributed by atoms with E-state index in [1.165, 1.54) is 18.4 Å². The summed E-state index contributed by atoms with van der Waals surface area (Å²) in [6, 6.07) is 18.4. The Balaban J connectivity index is 1.29. The lowest BCUT2D eigenvalue weighted by atomic mass is 9.82. The number of carbonyl (C=O) groups is 1. The summed E-state index contributed by atoms with van der Waals surface area (Å²) in [5, 5.41) is 8.95. The van der Waals surface area contributed by atoms with Gasteiger partial charge in [0.15, 0.2) is 0 Å². The highest BCUT2D eigenvalue weighted by Gasteiger charge is 2.43. The van der Waals surface area contributed by atoms with Crippen molar-refractivity contribution >= 4 is 5.97 Å². The number of rotatable bonds is 7. The van der Waals surface area contributed by atoms with Gasteiger partial charge in [-0.3, -0.25) is 4.79 Å². The Morgan fingerprint density at radius 2 is 1.74 bits per heavy atom. The first-order chi connectivity index (χ1) is 13.2. The second-order valence-electron chi connectivity index (χ2n) is 7.74. The predicted octanol–water partition coefficient (Wildman–Crippen LogP) is 4.89. The zero-order valence-electron chi connectivity index (χ0n) is 15.4. The molecule has 0 heterocycles. The molecular weight excluding hydrogens is 340 g/mol. The van der Waals surface area contributed by atoms with Crippen LogP contribution in [0.4, 0.5) is 0 Å². The molecule has 4 atom stereocenters. The van der Waals surface area contributed by atoms with Gasteiger partial charge in [0.2, 0.25) is 0 Å². The van der Waals surface area contributed by atoms with Crippen molar-refractivity contribution in [1.29, 1.82) is 0 Å². The SMILES string of the molecule is O=C(O)C1CC1COc1ccc(C2CCCC(Oc3ccccc3)C2)cc1. The normalized spacial score (nSPS) is 27.0. The molecule has 0 bridgehead atoms. The third kappa shape index (κ3) is 4.62. The first-order valence-corrected chi connectivity index (χ1v) is 9.86. The van der Waals surface area contributed by atoms with Crippen LogP contribution in [0.3, 0.4) is 0 Å². The highest BCUT2D eigenvalue weighted by Crippen LogP contribution is 2.39. The minimum absolute atomic E-state index is 0.163. The Bertz CT molecular complexity index is 756. The number of para-hydroxylation sites is 1. The fourth-order valence-corrected chi connectivity index (χ4v) is 4.02. The summed E-state index contributed by atoms with van der Waals surface area (Å²) in [5.41, 5.74) is 1.33. The molecule has 0 saturated heterocycles. The van der Waals surface area contributed by atoms with Gasteiger partial charge in [-0.05, 0) is 67.9 Å². The van der Waals surface area contributed by atoms with Crippen molar-refractivity contribution in [1.82, 2.24) is 0 Å². The van der Waals surface area contributed by atoms with Crippen molar-refractivity contribution in [3.8, 4) is 11.5 Å². The van der Waals surface area contributed by atoms with Crippen molar-refractivity contribution in [2.45, 2.75) is 44.1 Å². The zero-order chi connectivity index (χ0) is 18.6. The van der Waals surface area contributed by atoms with Crippen LogP contribution in [0.15, 0.2) is 54.6 Å². The fourth-order valence-electron chi connectivity index (χ4n) is 4.02. The number of carboxylic acids is 1. The molecule has 2 aliphatic rings. The molecule has 0 aromatic heterocycles. The average Bonchev–Trinajstić information content (AvgIpc) is 3.48. The Hall–Kier alpha value is -2.49. The van der Waals surface area contributed by atoms with Gasteiger partial charge in [-0.25, -0.2) is 0 Å². The van der Waals surface area contributed by atoms with Crippen molar-refractivity contribution in [2.24, 2.45) is 11.8 Å². The van der Waals surface area contributed by atoms with E-state index in [0.717, 1.165) is 30.8 Å². The van der Waals surface area contributed by atoms with E-state index in [-0.39, 0.29) is 17.9 Å². The van der Waals surface area contributed by atoms with Crippen molar-refractivity contribution in [2.75, 3.05) is 6.61 Å². The number of ether oxygens (including phenoxy) is 2. The van der Waals surface area contributed by atoms with Crippen molar-refractivity contribution in [3.63, 3.8) is 0 Å². The van der Waals surface area contributed by atoms with Crippen LogP contribution in [-0.4, -0.2) is 23.8 Å². The van der Waals surface area contributed by atoms with Crippen LogP contribution in [0.1, 0.15) is 43.6 Å². The Morgan fingerprint density at radius 3 is 2.44 bits per heavy atom. The van der Waals surface area contributed by atoms with Crippen LogP contribution < -0.4 is 9.47 Å². The molecule has 0 radical (unpaired) electrons. The van der Waals surface area contributed by atoms with Gasteiger partial charge in [-0.2, -0.15) is 0 Å². The molecule has 2 saturated carbocycles. The molecule has 0 spiro atoms. The van der Waals surface area contributed by atoms with Crippen LogP contribution in [0.5, 0.6) is 11.5 Å². The third-order valence-corrected chi connectivity index (χ3v) is 5.73. The van der Waals surface area contributed by atoms with Gasteiger partial charge in [0, 0.05) is 5.92 Å². The molecule has 27 heavy (non-hydrogen) atoms. The minimum atomic E-state index is -0.705. The number of benzene rings is 2. The molecule has 4 nitrogen and oxygen atoms in total. The molecule has 1 N–H and O–H groups in total. The van der Waals surface area contributed by atoms with Gasteiger partial charge in [-0.1, -0.05) is 30.3 Å². The fraction of sp³-hybridized carbons (Fsp3) is 0.435. The second-order valence-corrected chi connectivity index (χ2v) is 7.74. The summed E-state index contributed by atoms with van der Waals surface area (Å²) in [4.78, 5) is 10.9. The van der Waals surface area contributed by atoms with Gasteiger partial charge in [0.1, 0.15) is 11.5 Å². The average molecular weight is 366 g/mol. The topological polar surface area (TPSA) is 55.8 Å². The Morgan fingerprint density at radius 1 is 0.963 bits per heavy atom. The molecule has 4 rings (SSSR count). The highest BCUT2D eigenvalue weighted by atomic mass is 16.5. The van der Waals surface area contributed by atoms with Crippen LogP contribution in [-0.2, 0) is 4.79 Å². The first kappa shape index (κ1) is 17.9. The zero-order valence-corrected chi connectivity index (χ0v) is 15.4. The van der Waals surface area contributed by atoms with Crippen LogP contribution in [0.25, 0.3) is 0 Å². The number of hydrogen-bond donors (Lipinski definition) is 1. The van der Waals surface area contributed by atoms with E-state index in [2.05, 4.69) is 12.1 Å². The molecule has 4 heteroatoms.